The minimum Gasteiger partial charge on any atom is -0.388 e. The zero-order chi connectivity index (χ0) is 13.7. The molecule has 1 heterocycles. The maximum atomic E-state index is 11.9. The molecule has 1 aliphatic heterocycles. The quantitative estimate of drug-likeness (QED) is 0.882. The molecular formula is C14H18BrNO2S. The van der Waals surface area contributed by atoms with E-state index in [-0.39, 0.29) is 5.91 Å². The first-order valence-corrected chi connectivity index (χ1v) is 8.34. The van der Waals surface area contributed by atoms with Gasteiger partial charge in [0.25, 0.3) is 0 Å². The second-order valence-electron chi connectivity index (χ2n) is 4.88. The van der Waals surface area contributed by atoms with Crippen LogP contribution >= 0.6 is 27.7 Å². The number of halogens is 1. The van der Waals surface area contributed by atoms with Crippen molar-refractivity contribution in [2.45, 2.75) is 24.9 Å². The molecule has 1 amide bonds. The number of hydrogen-bond donors (Lipinski definition) is 2. The summed E-state index contributed by atoms with van der Waals surface area (Å²) in [7, 11) is 0. The lowest BCUT2D eigenvalue weighted by Gasteiger charge is -2.31. The molecular weight excluding hydrogens is 326 g/mol. The van der Waals surface area contributed by atoms with Crippen molar-refractivity contribution in [3.8, 4) is 0 Å². The first-order valence-electron chi connectivity index (χ1n) is 6.39. The van der Waals surface area contributed by atoms with E-state index in [1.807, 2.05) is 36.0 Å². The number of benzene rings is 1. The molecule has 5 heteroatoms. The molecule has 0 aliphatic carbocycles. The minimum absolute atomic E-state index is 0.0430. The molecule has 1 aromatic carbocycles. The Kier molecular flexibility index (Phi) is 5.30. The van der Waals surface area contributed by atoms with Gasteiger partial charge >= 0.3 is 0 Å². The van der Waals surface area contributed by atoms with Gasteiger partial charge in [-0.1, -0.05) is 34.1 Å². The van der Waals surface area contributed by atoms with E-state index in [1.54, 1.807) is 0 Å². The van der Waals surface area contributed by atoms with E-state index in [1.165, 1.54) is 0 Å². The van der Waals surface area contributed by atoms with Crippen LogP contribution in [0.15, 0.2) is 28.7 Å². The largest absolute Gasteiger partial charge is 0.388 e. The van der Waals surface area contributed by atoms with Crippen LogP contribution in [0, 0.1) is 0 Å². The van der Waals surface area contributed by atoms with E-state index in [0.717, 1.165) is 34.4 Å². The van der Waals surface area contributed by atoms with Crippen LogP contribution in [0.3, 0.4) is 0 Å². The number of amides is 1. The van der Waals surface area contributed by atoms with Gasteiger partial charge in [0, 0.05) is 11.0 Å². The number of hydrogen-bond acceptors (Lipinski definition) is 3. The Labute approximate surface area is 126 Å². The Morgan fingerprint density at radius 2 is 2.05 bits per heavy atom. The third kappa shape index (κ3) is 4.51. The molecule has 0 bridgehead atoms. The highest BCUT2D eigenvalue weighted by atomic mass is 79.9. The van der Waals surface area contributed by atoms with E-state index in [2.05, 4.69) is 21.2 Å². The third-order valence-electron chi connectivity index (χ3n) is 3.35. The monoisotopic (exact) mass is 343 g/mol. The molecule has 0 radical (unpaired) electrons. The highest BCUT2D eigenvalue weighted by Crippen LogP contribution is 2.26. The molecule has 3 nitrogen and oxygen atoms in total. The summed E-state index contributed by atoms with van der Waals surface area (Å²) in [6, 6.07) is 7.69. The van der Waals surface area contributed by atoms with Crippen LogP contribution in [0.4, 0.5) is 0 Å². The van der Waals surface area contributed by atoms with E-state index in [4.69, 9.17) is 0 Å². The molecule has 0 aromatic heterocycles. The topological polar surface area (TPSA) is 49.3 Å². The Balaban J connectivity index is 1.83. The Morgan fingerprint density at radius 1 is 1.37 bits per heavy atom. The first-order chi connectivity index (χ1) is 9.09. The predicted octanol–water partition coefficient (Wildman–Crippen LogP) is 2.37. The smallest absolute Gasteiger partial charge is 0.224 e. The Bertz CT molecular complexity index is 447. The lowest BCUT2D eigenvalue weighted by molar-refractivity contribution is -0.121. The van der Waals surface area contributed by atoms with Crippen molar-refractivity contribution in [2.75, 3.05) is 18.1 Å². The minimum atomic E-state index is -0.713. The molecule has 0 atom stereocenters. The summed E-state index contributed by atoms with van der Waals surface area (Å²) in [5.41, 5.74) is 0.251. The number of carbonyl (C=O) groups excluding carboxylic acids is 1. The van der Waals surface area contributed by atoms with Crippen LogP contribution in [0.1, 0.15) is 18.4 Å². The SMILES string of the molecule is O=C(Cc1ccccc1Br)NCC1(O)CCSCC1. The number of aliphatic hydroxyl groups is 1. The maximum absolute atomic E-state index is 11.9. The fourth-order valence-electron chi connectivity index (χ4n) is 2.07. The van der Waals surface area contributed by atoms with Crippen molar-refractivity contribution < 1.29 is 9.90 Å². The highest BCUT2D eigenvalue weighted by molar-refractivity contribution is 9.10. The van der Waals surface area contributed by atoms with Crippen molar-refractivity contribution in [3.63, 3.8) is 0 Å². The van der Waals surface area contributed by atoms with Crippen LogP contribution < -0.4 is 5.32 Å². The molecule has 2 N–H and O–H groups in total. The van der Waals surface area contributed by atoms with Crippen LogP contribution in [-0.4, -0.2) is 34.7 Å². The van der Waals surface area contributed by atoms with Gasteiger partial charge in [-0.25, -0.2) is 0 Å². The molecule has 1 fully saturated rings. The molecule has 1 saturated heterocycles. The van der Waals surface area contributed by atoms with Gasteiger partial charge in [-0.15, -0.1) is 0 Å². The summed E-state index contributed by atoms with van der Waals surface area (Å²) in [6.07, 6.45) is 1.85. The molecule has 104 valence electrons. The summed E-state index contributed by atoms with van der Waals surface area (Å²) in [5, 5.41) is 13.2. The van der Waals surface area contributed by atoms with Gasteiger partial charge in [0.05, 0.1) is 12.0 Å². The van der Waals surface area contributed by atoms with Crippen LogP contribution in [0.5, 0.6) is 0 Å². The lowest BCUT2D eigenvalue weighted by atomic mass is 9.97. The van der Waals surface area contributed by atoms with Gasteiger partial charge in [-0.3, -0.25) is 4.79 Å². The first kappa shape index (κ1) is 14.9. The second kappa shape index (κ2) is 6.77. The molecule has 0 unspecified atom stereocenters. The molecule has 1 aliphatic rings. The number of thioether (sulfide) groups is 1. The van der Waals surface area contributed by atoms with Crippen molar-refractivity contribution in [2.24, 2.45) is 0 Å². The summed E-state index contributed by atoms with van der Waals surface area (Å²) < 4.78 is 0.943. The van der Waals surface area contributed by atoms with Gasteiger partial charge in [0.2, 0.25) is 5.91 Å². The summed E-state index contributed by atoms with van der Waals surface area (Å²) in [5.74, 6) is 1.89. The fourth-order valence-corrected chi connectivity index (χ4v) is 3.75. The maximum Gasteiger partial charge on any atom is 0.224 e. The van der Waals surface area contributed by atoms with Gasteiger partial charge in [-0.2, -0.15) is 11.8 Å². The van der Waals surface area contributed by atoms with Gasteiger partial charge < -0.3 is 10.4 Å². The third-order valence-corrected chi connectivity index (χ3v) is 5.11. The average molecular weight is 344 g/mol. The van der Waals surface area contributed by atoms with Gasteiger partial charge in [0.1, 0.15) is 0 Å². The van der Waals surface area contributed by atoms with E-state index in [0.29, 0.717) is 13.0 Å². The predicted molar refractivity (Wildman–Crippen MR) is 82.4 cm³/mol. The van der Waals surface area contributed by atoms with Gasteiger partial charge in [-0.05, 0) is 36.0 Å². The standard InChI is InChI=1S/C14H18BrNO2S/c15-12-4-2-1-3-11(12)9-13(17)16-10-14(18)5-7-19-8-6-14/h1-4,18H,5-10H2,(H,16,17). The molecule has 19 heavy (non-hydrogen) atoms. The van der Waals surface area contributed by atoms with E-state index >= 15 is 0 Å². The van der Waals surface area contributed by atoms with Crippen molar-refractivity contribution >= 4 is 33.6 Å². The van der Waals surface area contributed by atoms with Crippen molar-refractivity contribution in [1.29, 1.82) is 0 Å². The summed E-state index contributed by atoms with van der Waals surface area (Å²) in [6.45, 7) is 0.358. The molecule has 1 aromatic rings. The van der Waals surface area contributed by atoms with Gasteiger partial charge in [0.15, 0.2) is 0 Å². The number of nitrogens with one attached hydrogen (secondary N) is 1. The summed E-state index contributed by atoms with van der Waals surface area (Å²) >= 11 is 5.29. The summed E-state index contributed by atoms with van der Waals surface area (Å²) in [4.78, 5) is 11.9. The normalized spacial score (nSPS) is 18.0. The Morgan fingerprint density at radius 3 is 2.74 bits per heavy atom. The molecule has 2 rings (SSSR count). The van der Waals surface area contributed by atoms with Crippen LogP contribution in [-0.2, 0) is 11.2 Å². The zero-order valence-electron chi connectivity index (χ0n) is 10.7. The average Bonchev–Trinajstić information content (AvgIpc) is 2.40. The number of rotatable bonds is 4. The van der Waals surface area contributed by atoms with Crippen molar-refractivity contribution in [3.05, 3.63) is 34.3 Å². The molecule has 0 spiro atoms. The lowest BCUT2D eigenvalue weighted by Crippen LogP contribution is -2.45. The highest BCUT2D eigenvalue weighted by Gasteiger charge is 2.29. The van der Waals surface area contributed by atoms with Crippen LogP contribution in [0.25, 0.3) is 0 Å². The number of carbonyl (C=O) groups is 1. The van der Waals surface area contributed by atoms with E-state index in [9.17, 15) is 9.90 Å². The fraction of sp³-hybridized carbons (Fsp3) is 0.500. The van der Waals surface area contributed by atoms with Crippen molar-refractivity contribution in [1.82, 2.24) is 5.32 Å². The van der Waals surface area contributed by atoms with E-state index < -0.39 is 5.60 Å². The van der Waals surface area contributed by atoms with Crippen LogP contribution in [0.2, 0.25) is 0 Å². The Hall–Kier alpha value is -0.520. The zero-order valence-corrected chi connectivity index (χ0v) is 13.1. The second-order valence-corrected chi connectivity index (χ2v) is 6.96. The molecule has 0 saturated carbocycles.